The number of aromatic nitrogens is 2. The molecular weight excluding hydrogens is 210 g/mol. The van der Waals surface area contributed by atoms with Crippen molar-refractivity contribution >= 4 is 5.65 Å². The van der Waals surface area contributed by atoms with Crippen molar-refractivity contribution < 1.29 is 0 Å². The van der Waals surface area contributed by atoms with Crippen LogP contribution in [0.5, 0.6) is 0 Å². The predicted octanol–water partition coefficient (Wildman–Crippen LogP) is 2.45. The molecule has 3 nitrogen and oxygen atoms in total. The quantitative estimate of drug-likeness (QED) is 0.748. The molecule has 0 unspecified atom stereocenters. The van der Waals surface area contributed by atoms with Crippen LogP contribution in [-0.2, 0) is 0 Å². The van der Waals surface area contributed by atoms with E-state index >= 15 is 0 Å². The number of hydrogen-bond acceptors (Lipinski definition) is 2. The molecule has 0 bridgehead atoms. The van der Waals surface area contributed by atoms with Gasteiger partial charge < -0.3 is 9.30 Å². The summed E-state index contributed by atoms with van der Waals surface area (Å²) in [6.07, 6.45) is 6.83. The minimum absolute atomic E-state index is 0.645. The standard InChI is InChI=1S/C14H19N3/c1-11-3-4-14-15-13(10-17(14)9-11)12-5-7-16(2)8-6-12/h3-4,9-10,12H,5-8H2,1-2H3. The van der Waals surface area contributed by atoms with Crippen molar-refractivity contribution in [1.82, 2.24) is 14.3 Å². The third kappa shape index (κ3) is 2.07. The van der Waals surface area contributed by atoms with Gasteiger partial charge in [-0.3, -0.25) is 0 Å². The number of fused-ring (bicyclic) bond motifs is 1. The van der Waals surface area contributed by atoms with Crippen molar-refractivity contribution in [2.75, 3.05) is 20.1 Å². The molecule has 0 N–H and O–H groups in total. The van der Waals surface area contributed by atoms with Crippen LogP contribution in [0.15, 0.2) is 24.5 Å². The van der Waals surface area contributed by atoms with Crippen LogP contribution in [0, 0.1) is 6.92 Å². The summed E-state index contributed by atoms with van der Waals surface area (Å²) in [5, 5.41) is 0. The van der Waals surface area contributed by atoms with E-state index in [1.807, 2.05) is 0 Å². The van der Waals surface area contributed by atoms with Gasteiger partial charge in [-0.1, -0.05) is 6.07 Å². The second-order valence-corrected chi connectivity index (χ2v) is 5.22. The highest BCUT2D eigenvalue weighted by Crippen LogP contribution is 2.26. The molecule has 90 valence electrons. The van der Waals surface area contributed by atoms with E-state index in [-0.39, 0.29) is 0 Å². The van der Waals surface area contributed by atoms with Gasteiger partial charge in [-0.2, -0.15) is 0 Å². The number of imidazole rings is 1. The van der Waals surface area contributed by atoms with Crippen molar-refractivity contribution in [3.8, 4) is 0 Å². The van der Waals surface area contributed by atoms with Crippen LogP contribution in [0.3, 0.4) is 0 Å². The van der Waals surface area contributed by atoms with Crippen LogP contribution in [-0.4, -0.2) is 34.4 Å². The second kappa shape index (κ2) is 4.15. The lowest BCUT2D eigenvalue weighted by Crippen LogP contribution is -2.29. The van der Waals surface area contributed by atoms with Crippen LogP contribution >= 0.6 is 0 Å². The van der Waals surface area contributed by atoms with Crippen LogP contribution in [0.25, 0.3) is 5.65 Å². The molecule has 2 aromatic heterocycles. The minimum atomic E-state index is 0.645. The minimum Gasteiger partial charge on any atom is -0.307 e. The lowest BCUT2D eigenvalue weighted by Gasteiger charge is -2.27. The van der Waals surface area contributed by atoms with Gasteiger partial charge in [0.05, 0.1) is 5.69 Å². The number of nitrogens with zero attached hydrogens (tertiary/aromatic N) is 3. The van der Waals surface area contributed by atoms with Gasteiger partial charge in [0.2, 0.25) is 0 Å². The Kier molecular flexibility index (Phi) is 2.63. The molecule has 1 aliphatic heterocycles. The third-order valence-electron chi connectivity index (χ3n) is 3.75. The van der Waals surface area contributed by atoms with E-state index in [1.165, 1.54) is 37.2 Å². The molecule has 3 heterocycles. The number of rotatable bonds is 1. The summed E-state index contributed by atoms with van der Waals surface area (Å²) in [5.41, 5.74) is 3.62. The van der Waals surface area contributed by atoms with Crippen LogP contribution in [0.1, 0.15) is 30.0 Å². The third-order valence-corrected chi connectivity index (χ3v) is 3.75. The molecule has 2 aromatic rings. The van der Waals surface area contributed by atoms with E-state index < -0.39 is 0 Å². The molecule has 1 saturated heterocycles. The number of aryl methyl sites for hydroxylation is 1. The molecule has 0 radical (unpaired) electrons. The molecule has 0 amide bonds. The Bertz CT molecular complexity index is 521. The van der Waals surface area contributed by atoms with E-state index in [0.717, 1.165) is 5.65 Å². The summed E-state index contributed by atoms with van der Waals surface area (Å²) in [6, 6.07) is 4.23. The molecule has 0 atom stereocenters. The Hall–Kier alpha value is -1.35. The van der Waals surface area contributed by atoms with Crippen molar-refractivity contribution in [1.29, 1.82) is 0 Å². The van der Waals surface area contributed by atoms with E-state index in [2.05, 4.69) is 47.8 Å². The van der Waals surface area contributed by atoms with Crippen molar-refractivity contribution in [3.05, 3.63) is 35.8 Å². The SMILES string of the molecule is Cc1ccc2nc(C3CCN(C)CC3)cn2c1. The molecule has 3 heteroatoms. The van der Waals surface area contributed by atoms with Gasteiger partial charge >= 0.3 is 0 Å². The zero-order valence-corrected chi connectivity index (χ0v) is 10.6. The number of piperidine rings is 1. The number of hydrogen-bond donors (Lipinski definition) is 0. The Morgan fingerprint density at radius 2 is 1.94 bits per heavy atom. The fraction of sp³-hybridized carbons (Fsp3) is 0.500. The lowest BCUT2D eigenvalue weighted by atomic mass is 9.94. The highest BCUT2D eigenvalue weighted by molar-refractivity contribution is 5.41. The normalized spacial score (nSPS) is 18.9. The summed E-state index contributed by atoms with van der Waals surface area (Å²) in [4.78, 5) is 7.15. The second-order valence-electron chi connectivity index (χ2n) is 5.22. The molecule has 0 spiro atoms. The van der Waals surface area contributed by atoms with Gasteiger partial charge in [0.1, 0.15) is 5.65 Å². The Balaban J connectivity index is 1.90. The van der Waals surface area contributed by atoms with Gasteiger partial charge in [0, 0.05) is 18.3 Å². The van der Waals surface area contributed by atoms with Crippen molar-refractivity contribution in [2.24, 2.45) is 0 Å². The largest absolute Gasteiger partial charge is 0.307 e. The van der Waals surface area contributed by atoms with Gasteiger partial charge in [-0.25, -0.2) is 4.98 Å². The molecule has 1 fully saturated rings. The van der Waals surface area contributed by atoms with Crippen LogP contribution < -0.4 is 0 Å². The number of pyridine rings is 1. The zero-order valence-electron chi connectivity index (χ0n) is 10.6. The maximum atomic E-state index is 4.75. The molecule has 3 rings (SSSR count). The predicted molar refractivity (Wildman–Crippen MR) is 69.4 cm³/mol. The molecule has 17 heavy (non-hydrogen) atoms. The maximum Gasteiger partial charge on any atom is 0.136 e. The summed E-state index contributed by atoms with van der Waals surface area (Å²) in [5.74, 6) is 0.645. The first-order chi connectivity index (χ1) is 8.22. The molecular formula is C14H19N3. The first kappa shape index (κ1) is 10.8. The Morgan fingerprint density at radius 1 is 1.18 bits per heavy atom. The van der Waals surface area contributed by atoms with E-state index in [0.29, 0.717) is 5.92 Å². The van der Waals surface area contributed by atoms with Gasteiger partial charge in [-0.15, -0.1) is 0 Å². The van der Waals surface area contributed by atoms with Crippen LogP contribution in [0.4, 0.5) is 0 Å². The zero-order chi connectivity index (χ0) is 11.8. The van der Waals surface area contributed by atoms with E-state index in [9.17, 15) is 0 Å². The Morgan fingerprint density at radius 3 is 2.71 bits per heavy atom. The van der Waals surface area contributed by atoms with Gasteiger partial charge in [0.15, 0.2) is 0 Å². The van der Waals surface area contributed by atoms with Gasteiger partial charge in [0.25, 0.3) is 0 Å². The highest BCUT2D eigenvalue weighted by Gasteiger charge is 2.20. The number of likely N-dealkylation sites (tertiary alicyclic amines) is 1. The van der Waals surface area contributed by atoms with Gasteiger partial charge in [-0.05, 0) is 51.5 Å². The molecule has 0 aliphatic carbocycles. The maximum absolute atomic E-state index is 4.75. The topological polar surface area (TPSA) is 20.5 Å². The van der Waals surface area contributed by atoms with Crippen LogP contribution in [0.2, 0.25) is 0 Å². The average molecular weight is 229 g/mol. The fourth-order valence-electron chi connectivity index (χ4n) is 2.62. The summed E-state index contributed by atoms with van der Waals surface area (Å²) < 4.78 is 2.16. The van der Waals surface area contributed by atoms with Crippen molar-refractivity contribution in [3.63, 3.8) is 0 Å². The lowest BCUT2D eigenvalue weighted by molar-refractivity contribution is 0.253. The summed E-state index contributed by atoms with van der Waals surface area (Å²) >= 11 is 0. The summed E-state index contributed by atoms with van der Waals surface area (Å²) in [6.45, 7) is 4.50. The smallest absolute Gasteiger partial charge is 0.136 e. The highest BCUT2D eigenvalue weighted by atomic mass is 15.1. The molecule has 0 aromatic carbocycles. The van der Waals surface area contributed by atoms with E-state index in [4.69, 9.17) is 4.98 Å². The van der Waals surface area contributed by atoms with E-state index in [1.54, 1.807) is 0 Å². The fourth-order valence-corrected chi connectivity index (χ4v) is 2.62. The first-order valence-corrected chi connectivity index (χ1v) is 6.36. The molecule has 1 aliphatic rings. The summed E-state index contributed by atoms with van der Waals surface area (Å²) in [7, 11) is 2.20. The Labute approximate surface area is 102 Å². The first-order valence-electron chi connectivity index (χ1n) is 6.36. The monoisotopic (exact) mass is 229 g/mol. The molecule has 0 saturated carbocycles. The van der Waals surface area contributed by atoms with Crippen molar-refractivity contribution in [2.45, 2.75) is 25.7 Å². The average Bonchev–Trinajstić information content (AvgIpc) is 2.72.